The molecule has 1 saturated carbocycles. The van der Waals surface area contributed by atoms with Gasteiger partial charge >= 0.3 is 5.97 Å². The first-order valence-electron chi connectivity index (χ1n) is 11.2. The lowest BCUT2D eigenvalue weighted by atomic mass is 9.67. The fraction of sp³-hybridized carbons (Fsp3) is 0.667. The minimum atomic E-state index is -0.744. The first-order chi connectivity index (χ1) is 14.0. The lowest BCUT2D eigenvalue weighted by Gasteiger charge is -2.44. The number of carboxylic acid groups (broad SMARTS) is 1. The van der Waals surface area contributed by atoms with Crippen LogP contribution in [0.4, 0.5) is 0 Å². The molecule has 2 saturated heterocycles. The third kappa shape index (κ3) is 3.81. The van der Waals surface area contributed by atoms with Crippen molar-refractivity contribution in [3.05, 3.63) is 35.4 Å². The number of rotatable bonds is 4. The summed E-state index contributed by atoms with van der Waals surface area (Å²) in [5, 5.41) is 9.47. The van der Waals surface area contributed by atoms with E-state index in [9.17, 15) is 14.7 Å². The molecule has 5 heteroatoms. The van der Waals surface area contributed by atoms with Crippen molar-refractivity contribution < 1.29 is 19.4 Å². The van der Waals surface area contributed by atoms with Crippen molar-refractivity contribution in [1.82, 2.24) is 4.90 Å². The van der Waals surface area contributed by atoms with Crippen LogP contribution in [0.1, 0.15) is 62.5 Å². The minimum absolute atomic E-state index is 0.190. The van der Waals surface area contributed by atoms with E-state index in [1.54, 1.807) is 0 Å². The molecule has 1 aliphatic carbocycles. The minimum Gasteiger partial charge on any atom is -0.481 e. The molecule has 1 aromatic carbocycles. The summed E-state index contributed by atoms with van der Waals surface area (Å²) < 4.78 is 5.80. The molecule has 4 rings (SSSR count). The number of aryl methyl sites for hydroxylation is 1. The highest BCUT2D eigenvalue weighted by Gasteiger charge is 2.46. The molecule has 1 amide bonds. The van der Waals surface area contributed by atoms with Crippen LogP contribution in [0.5, 0.6) is 0 Å². The average Bonchev–Trinajstić information content (AvgIpc) is 3.24. The predicted molar refractivity (Wildman–Crippen MR) is 111 cm³/mol. The molecule has 2 aliphatic heterocycles. The molecule has 3 aliphatic rings. The number of hydrogen-bond acceptors (Lipinski definition) is 3. The molecule has 3 fully saturated rings. The van der Waals surface area contributed by atoms with Gasteiger partial charge in [0.15, 0.2) is 0 Å². The van der Waals surface area contributed by atoms with Gasteiger partial charge in [-0.3, -0.25) is 9.59 Å². The van der Waals surface area contributed by atoms with Crippen LogP contribution in [0, 0.1) is 18.8 Å². The second-order valence-electron chi connectivity index (χ2n) is 9.16. The quantitative estimate of drug-likeness (QED) is 0.833. The zero-order valence-corrected chi connectivity index (χ0v) is 17.4. The van der Waals surface area contributed by atoms with Gasteiger partial charge in [-0.1, -0.05) is 43.5 Å². The Morgan fingerprint density at radius 3 is 2.41 bits per heavy atom. The predicted octanol–water partition coefficient (Wildman–Crippen LogP) is 3.93. The van der Waals surface area contributed by atoms with Gasteiger partial charge in [0, 0.05) is 19.7 Å². The van der Waals surface area contributed by atoms with Gasteiger partial charge in [0.2, 0.25) is 5.91 Å². The molecule has 1 N–H and O–H groups in total. The maximum absolute atomic E-state index is 13.8. The van der Waals surface area contributed by atoms with E-state index in [0.29, 0.717) is 26.1 Å². The molecule has 0 aromatic heterocycles. The van der Waals surface area contributed by atoms with Crippen molar-refractivity contribution in [3.8, 4) is 0 Å². The summed E-state index contributed by atoms with van der Waals surface area (Å²) in [6.07, 6.45) is 7.37. The zero-order valence-electron chi connectivity index (χ0n) is 17.4. The smallest absolute Gasteiger partial charge is 0.309 e. The van der Waals surface area contributed by atoms with Crippen molar-refractivity contribution in [1.29, 1.82) is 0 Å². The molecule has 1 aromatic rings. The molecule has 2 atom stereocenters. The van der Waals surface area contributed by atoms with Crippen LogP contribution in [0.15, 0.2) is 24.3 Å². The van der Waals surface area contributed by atoms with Gasteiger partial charge in [0.1, 0.15) is 0 Å². The largest absolute Gasteiger partial charge is 0.481 e. The van der Waals surface area contributed by atoms with Gasteiger partial charge in [-0.2, -0.15) is 0 Å². The van der Waals surface area contributed by atoms with Gasteiger partial charge in [-0.05, 0) is 56.1 Å². The van der Waals surface area contributed by atoms with Gasteiger partial charge in [0.25, 0.3) is 0 Å². The highest BCUT2D eigenvalue weighted by atomic mass is 16.5. The second-order valence-corrected chi connectivity index (χ2v) is 9.16. The summed E-state index contributed by atoms with van der Waals surface area (Å²) in [6, 6.07) is 8.37. The van der Waals surface area contributed by atoms with Crippen LogP contribution in [-0.4, -0.2) is 47.7 Å². The monoisotopic (exact) mass is 399 g/mol. The van der Waals surface area contributed by atoms with Crippen molar-refractivity contribution >= 4 is 11.9 Å². The van der Waals surface area contributed by atoms with E-state index < -0.39 is 5.97 Å². The number of likely N-dealkylation sites (tertiary alicyclic amines) is 1. The summed E-state index contributed by atoms with van der Waals surface area (Å²) in [5.74, 6) is -0.610. The number of piperidine rings is 1. The van der Waals surface area contributed by atoms with Gasteiger partial charge < -0.3 is 14.7 Å². The third-order valence-electron chi connectivity index (χ3n) is 7.52. The van der Waals surface area contributed by atoms with E-state index in [1.807, 2.05) is 6.07 Å². The van der Waals surface area contributed by atoms with Crippen LogP contribution in [0.2, 0.25) is 0 Å². The Hall–Kier alpha value is -1.88. The number of benzene rings is 1. The molecule has 1 unspecified atom stereocenters. The molecule has 5 nitrogen and oxygen atoms in total. The molecular weight excluding hydrogens is 366 g/mol. The molecular formula is C24H33NO4. The Morgan fingerprint density at radius 1 is 1.07 bits per heavy atom. The fourth-order valence-electron chi connectivity index (χ4n) is 5.94. The number of aliphatic carboxylic acids is 1. The van der Waals surface area contributed by atoms with Crippen molar-refractivity contribution in [3.63, 3.8) is 0 Å². The van der Waals surface area contributed by atoms with E-state index in [0.717, 1.165) is 38.5 Å². The van der Waals surface area contributed by atoms with E-state index in [2.05, 4.69) is 30.0 Å². The molecule has 0 spiro atoms. The van der Waals surface area contributed by atoms with Crippen LogP contribution in [-0.2, 0) is 19.7 Å². The second kappa shape index (κ2) is 8.47. The van der Waals surface area contributed by atoms with E-state index in [1.165, 1.54) is 17.5 Å². The lowest BCUT2D eigenvalue weighted by molar-refractivity contribution is -0.147. The summed E-state index contributed by atoms with van der Waals surface area (Å²) >= 11 is 0. The molecule has 2 heterocycles. The number of hydrogen-bond donors (Lipinski definition) is 1. The van der Waals surface area contributed by atoms with Crippen molar-refractivity contribution in [2.24, 2.45) is 11.8 Å². The Kier molecular flexibility index (Phi) is 5.95. The molecule has 0 bridgehead atoms. The maximum atomic E-state index is 13.8. The average molecular weight is 400 g/mol. The van der Waals surface area contributed by atoms with Crippen LogP contribution < -0.4 is 0 Å². The van der Waals surface area contributed by atoms with Crippen LogP contribution in [0.25, 0.3) is 0 Å². The normalized spacial score (nSPS) is 27.7. The van der Waals surface area contributed by atoms with E-state index in [4.69, 9.17) is 4.74 Å². The molecule has 0 radical (unpaired) electrons. The topological polar surface area (TPSA) is 66.8 Å². The number of carbonyl (C=O) groups is 2. The highest BCUT2D eigenvalue weighted by Crippen LogP contribution is 2.43. The van der Waals surface area contributed by atoms with Gasteiger partial charge in [-0.25, -0.2) is 0 Å². The molecule has 158 valence electrons. The lowest BCUT2D eigenvalue weighted by Crippen LogP contribution is -2.52. The number of carbonyl (C=O) groups excluding carboxylic acids is 1. The summed E-state index contributed by atoms with van der Waals surface area (Å²) in [7, 11) is 0. The Balaban J connectivity index is 1.49. The number of carboxylic acids is 1. The van der Waals surface area contributed by atoms with E-state index in [-0.39, 0.29) is 29.3 Å². The van der Waals surface area contributed by atoms with Gasteiger partial charge in [0.05, 0.1) is 17.4 Å². The third-order valence-corrected chi connectivity index (χ3v) is 7.52. The van der Waals surface area contributed by atoms with Gasteiger partial charge in [-0.15, -0.1) is 0 Å². The highest BCUT2D eigenvalue weighted by molar-refractivity contribution is 5.89. The fourth-order valence-corrected chi connectivity index (χ4v) is 5.94. The summed E-state index contributed by atoms with van der Waals surface area (Å²) in [4.78, 5) is 27.4. The van der Waals surface area contributed by atoms with E-state index >= 15 is 0 Å². The zero-order chi connectivity index (χ0) is 20.4. The molecule has 29 heavy (non-hydrogen) atoms. The maximum Gasteiger partial charge on any atom is 0.309 e. The number of nitrogens with zero attached hydrogens (tertiary/aromatic N) is 1. The first kappa shape index (κ1) is 20.4. The van der Waals surface area contributed by atoms with Crippen molar-refractivity contribution in [2.45, 2.75) is 69.8 Å². The number of ether oxygens (including phenoxy) is 1. The SMILES string of the molecule is Cc1ccccc1C1(C(=O)N2CCC([C@@H]3OCCC3C(=O)O)CC2)CCCCC1. The van der Waals surface area contributed by atoms with Crippen molar-refractivity contribution in [2.75, 3.05) is 19.7 Å². The Morgan fingerprint density at radius 2 is 1.76 bits per heavy atom. The Bertz CT molecular complexity index is 747. The Labute approximate surface area is 173 Å². The summed E-state index contributed by atoms with van der Waals surface area (Å²) in [6.45, 7) is 4.08. The summed E-state index contributed by atoms with van der Waals surface area (Å²) in [5.41, 5.74) is 2.03. The van der Waals surface area contributed by atoms with Crippen LogP contribution >= 0.6 is 0 Å². The van der Waals surface area contributed by atoms with Crippen LogP contribution in [0.3, 0.4) is 0 Å². The number of amides is 1. The first-order valence-corrected chi connectivity index (χ1v) is 11.2. The standard InChI is InChI=1S/C24H33NO4/c1-17-7-3-4-8-20(17)24(12-5-2-6-13-24)23(28)25-14-9-18(10-15-25)21-19(22(26)27)11-16-29-21/h3-4,7-8,18-19,21H,2,5-6,9-16H2,1H3,(H,26,27)/t19?,21-/m0/s1.